The minimum atomic E-state index is -1.18. The Balaban J connectivity index is 1.33. The van der Waals surface area contributed by atoms with Gasteiger partial charge >= 0.3 is 5.91 Å². The standard InChI is InChI=1S/C34H26N4O6S2/c1-21-8-5-6-11-25(21)19-44-27-16-14-23(15-17-27)30(39)28-29(24-12-7-13-26(18-24)38(42)43)37(32(41)31(28)40)33-35-36-34(46-33)45-20-22-9-3-2-4-10-22/h2-18,29,39H,19-20H2,1H3. The predicted molar refractivity (Wildman–Crippen MR) is 176 cm³/mol. The first-order valence-electron chi connectivity index (χ1n) is 14.1. The highest BCUT2D eigenvalue weighted by molar-refractivity contribution is 8.00. The zero-order valence-electron chi connectivity index (χ0n) is 24.4. The van der Waals surface area contributed by atoms with E-state index in [9.17, 15) is 24.8 Å². The fourth-order valence-corrected chi connectivity index (χ4v) is 6.85. The summed E-state index contributed by atoms with van der Waals surface area (Å²) >= 11 is 2.55. The maximum absolute atomic E-state index is 13.6. The molecule has 0 aliphatic carbocycles. The molecule has 10 nitrogen and oxygen atoms in total. The zero-order valence-corrected chi connectivity index (χ0v) is 26.0. The molecule has 1 saturated heterocycles. The number of thioether (sulfide) groups is 1. The Bertz CT molecular complexity index is 1960. The smallest absolute Gasteiger partial charge is 0.301 e. The molecule has 1 amide bonds. The molecule has 1 aliphatic heterocycles. The number of hydrogen-bond acceptors (Lipinski definition) is 10. The van der Waals surface area contributed by atoms with Crippen LogP contribution in [0.3, 0.4) is 0 Å². The van der Waals surface area contributed by atoms with Crippen molar-refractivity contribution in [2.75, 3.05) is 4.90 Å². The number of ketones is 1. The number of aliphatic hydroxyl groups excluding tert-OH is 1. The summed E-state index contributed by atoms with van der Waals surface area (Å²) in [6.45, 7) is 2.35. The van der Waals surface area contributed by atoms with E-state index in [0.29, 0.717) is 22.4 Å². The molecule has 0 radical (unpaired) electrons. The fourth-order valence-electron chi connectivity index (χ4n) is 5.03. The average molecular weight is 651 g/mol. The van der Waals surface area contributed by atoms with Gasteiger partial charge in [0.15, 0.2) is 4.34 Å². The van der Waals surface area contributed by atoms with Crippen molar-refractivity contribution in [3.8, 4) is 5.75 Å². The lowest BCUT2D eigenvalue weighted by molar-refractivity contribution is -0.384. The number of nitro benzene ring substituents is 1. The van der Waals surface area contributed by atoms with Gasteiger partial charge in [0.25, 0.3) is 11.5 Å². The van der Waals surface area contributed by atoms with Gasteiger partial charge in [-0.15, -0.1) is 10.2 Å². The Morgan fingerprint density at radius 3 is 2.46 bits per heavy atom. The van der Waals surface area contributed by atoms with Gasteiger partial charge in [0.05, 0.1) is 16.5 Å². The molecule has 46 heavy (non-hydrogen) atoms. The molecule has 1 fully saturated rings. The van der Waals surface area contributed by atoms with Gasteiger partial charge in [0.1, 0.15) is 18.1 Å². The molecule has 1 unspecified atom stereocenters. The summed E-state index contributed by atoms with van der Waals surface area (Å²) in [6.07, 6.45) is 0. The zero-order chi connectivity index (χ0) is 32.2. The maximum Gasteiger partial charge on any atom is 0.301 e. The predicted octanol–water partition coefficient (Wildman–Crippen LogP) is 7.25. The van der Waals surface area contributed by atoms with Crippen molar-refractivity contribution in [1.29, 1.82) is 0 Å². The number of aryl methyl sites for hydroxylation is 1. The van der Waals surface area contributed by atoms with Crippen LogP contribution in [-0.4, -0.2) is 31.9 Å². The SMILES string of the molecule is Cc1ccccc1COc1ccc(C(O)=C2C(=O)C(=O)N(c3nnc(SCc4ccccc4)s3)C2c2cccc([N+](=O)[O-])c2)cc1. The number of anilines is 1. The molecule has 1 aromatic heterocycles. The molecule has 2 heterocycles. The normalized spacial score (nSPS) is 15.7. The van der Waals surface area contributed by atoms with E-state index in [2.05, 4.69) is 10.2 Å². The molecule has 4 aromatic carbocycles. The van der Waals surface area contributed by atoms with E-state index in [-0.39, 0.29) is 27.5 Å². The highest BCUT2D eigenvalue weighted by Gasteiger charge is 2.48. The van der Waals surface area contributed by atoms with Gasteiger partial charge in [0, 0.05) is 23.4 Å². The van der Waals surface area contributed by atoms with Crippen LogP contribution in [0.5, 0.6) is 5.75 Å². The third-order valence-corrected chi connectivity index (χ3v) is 9.56. The first kappa shape index (κ1) is 30.7. The first-order valence-corrected chi connectivity index (χ1v) is 15.9. The Labute approximate surface area is 272 Å². The number of Topliss-reactive ketones (excluding diaryl/α,β-unsaturated/α-hetero) is 1. The monoisotopic (exact) mass is 650 g/mol. The van der Waals surface area contributed by atoms with Gasteiger partial charge in [-0.3, -0.25) is 24.6 Å². The van der Waals surface area contributed by atoms with E-state index in [1.54, 1.807) is 30.3 Å². The fraction of sp³-hybridized carbons (Fsp3) is 0.118. The molecular weight excluding hydrogens is 625 g/mol. The van der Waals surface area contributed by atoms with E-state index in [4.69, 9.17) is 4.74 Å². The van der Waals surface area contributed by atoms with E-state index in [0.717, 1.165) is 32.9 Å². The lowest BCUT2D eigenvalue weighted by Crippen LogP contribution is -2.29. The van der Waals surface area contributed by atoms with Crippen LogP contribution in [-0.2, 0) is 21.9 Å². The summed E-state index contributed by atoms with van der Waals surface area (Å²) in [4.78, 5) is 39.3. The van der Waals surface area contributed by atoms with Gasteiger partial charge in [-0.25, -0.2) is 0 Å². The van der Waals surface area contributed by atoms with Gasteiger partial charge in [-0.1, -0.05) is 89.8 Å². The van der Waals surface area contributed by atoms with Crippen LogP contribution in [0.25, 0.3) is 5.76 Å². The number of aromatic nitrogens is 2. The van der Waals surface area contributed by atoms with Gasteiger partial charge in [0.2, 0.25) is 5.13 Å². The molecule has 6 rings (SSSR count). The molecule has 1 N–H and O–H groups in total. The molecule has 230 valence electrons. The highest BCUT2D eigenvalue weighted by Crippen LogP contribution is 2.44. The molecule has 1 atom stereocenters. The maximum atomic E-state index is 13.6. The third-order valence-electron chi connectivity index (χ3n) is 7.43. The highest BCUT2D eigenvalue weighted by atomic mass is 32.2. The largest absolute Gasteiger partial charge is 0.507 e. The van der Waals surface area contributed by atoms with Crippen molar-refractivity contribution < 1.29 is 24.4 Å². The van der Waals surface area contributed by atoms with Crippen molar-refractivity contribution in [3.63, 3.8) is 0 Å². The number of nitrogens with zero attached hydrogens (tertiary/aromatic N) is 4. The van der Waals surface area contributed by atoms with Gasteiger partial charge < -0.3 is 9.84 Å². The van der Waals surface area contributed by atoms with Crippen LogP contribution < -0.4 is 9.64 Å². The number of carbonyl (C=O) groups is 2. The van der Waals surface area contributed by atoms with Crippen molar-refractivity contribution in [1.82, 2.24) is 10.2 Å². The van der Waals surface area contributed by atoms with Crippen molar-refractivity contribution >= 4 is 51.4 Å². The number of amides is 1. The van der Waals surface area contributed by atoms with Crippen molar-refractivity contribution in [2.45, 2.75) is 29.7 Å². The van der Waals surface area contributed by atoms with Crippen LogP contribution in [0.1, 0.15) is 33.9 Å². The van der Waals surface area contributed by atoms with Gasteiger partial charge in [-0.05, 0) is 53.4 Å². The first-order chi connectivity index (χ1) is 22.3. The summed E-state index contributed by atoms with van der Waals surface area (Å²) in [5.41, 5.74) is 3.30. The number of benzene rings is 4. The van der Waals surface area contributed by atoms with Crippen molar-refractivity contribution in [2.24, 2.45) is 0 Å². The van der Waals surface area contributed by atoms with Crippen LogP contribution in [0.4, 0.5) is 10.8 Å². The molecular formula is C34H26N4O6S2. The lowest BCUT2D eigenvalue weighted by atomic mass is 9.95. The number of ether oxygens (including phenoxy) is 1. The minimum absolute atomic E-state index is 0.133. The Hall–Kier alpha value is -5.33. The second kappa shape index (κ2) is 13.3. The van der Waals surface area contributed by atoms with E-state index in [1.807, 2.05) is 61.5 Å². The molecule has 12 heteroatoms. The van der Waals surface area contributed by atoms with E-state index < -0.39 is 28.4 Å². The number of non-ortho nitro benzene ring substituents is 1. The second-order valence-corrected chi connectivity index (χ2v) is 12.6. The van der Waals surface area contributed by atoms with E-state index in [1.165, 1.54) is 30.0 Å². The van der Waals surface area contributed by atoms with Crippen LogP contribution in [0.15, 0.2) is 113 Å². The van der Waals surface area contributed by atoms with Gasteiger partial charge in [-0.2, -0.15) is 0 Å². The minimum Gasteiger partial charge on any atom is -0.507 e. The van der Waals surface area contributed by atoms with E-state index >= 15 is 0 Å². The summed E-state index contributed by atoms with van der Waals surface area (Å²) in [5.74, 6) is -1.13. The number of rotatable bonds is 10. The summed E-state index contributed by atoms with van der Waals surface area (Å²) in [5, 5.41) is 31.7. The quantitative estimate of drug-likeness (QED) is 0.0315. The third kappa shape index (κ3) is 6.39. The molecule has 0 spiro atoms. The number of carbonyl (C=O) groups excluding carboxylic acids is 2. The summed E-state index contributed by atoms with van der Waals surface area (Å²) in [7, 11) is 0. The second-order valence-electron chi connectivity index (χ2n) is 10.4. The lowest BCUT2D eigenvalue weighted by Gasteiger charge is -2.22. The molecule has 0 saturated carbocycles. The van der Waals surface area contributed by atoms with Crippen LogP contribution in [0, 0.1) is 17.0 Å². The molecule has 5 aromatic rings. The summed E-state index contributed by atoms with van der Waals surface area (Å²) < 4.78 is 6.49. The Kier molecular flexibility index (Phi) is 8.90. The number of aliphatic hydroxyl groups is 1. The number of nitro groups is 1. The molecule has 1 aliphatic rings. The average Bonchev–Trinajstić information content (AvgIpc) is 3.65. The number of hydrogen-bond donors (Lipinski definition) is 1. The topological polar surface area (TPSA) is 136 Å². The molecule has 0 bridgehead atoms. The Morgan fingerprint density at radius 1 is 0.978 bits per heavy atom. The van der Waals surface area contributed by atoms with Crippen LogP contribution in [0.2, 0.25) is 0 Å². The van der Waals surface area contributed by atoms with Crippen molar-refractivity contribution in [3.05, 3.63) is 147 Å². The Morgan fingerprint density at radius 2 is 1.72 bits per heavy atom. The van der Waals surface area contributed by atoms with Crippen LogP contribution >= 0.6 is 23.1 Å². The summed E-state index contributed by atoms with van der Waals surface area (Å²) in [6, 6.07) is 28.6.